The van der Waals surface area contributed by atoms with Crippen molar-refractivity contribution in [1.29, 1.82) is 0 Å². The number of halogens is 5. The van der Waals surface area contributed by atoms with Gasteiger partial charge in [-0.3, -0.25) is 4.79 Å². The second kappa shape index (κ2) is 5.97. The van der Waals surface area contributed by atoms with Crippen LogP contribution in [0.4, 0.5) is 13.2 Å². The highest BCUT2D eigenvalue weighted by molar-refractivity contribution is 9.10. The molecule has 0 atom stereocenters. The Bertz CT molecular complexity index is 665. The molecule has 0 saturated carbocycles. The number of hydrogen-bond acceptors (Lipinski definition) is 1. The van der Waals surface area contributed by atoms with E-state index in [9.17, 15) is 18.0 Å². The monoisotopic (exact) mass is 362 g/mol. The van der Waals surface area contributed by atoms with Gasteiger partial charge < -0.3 is 0 Å². The van der Waals surface area contributed by atoms with Crippen LogP contribution in [0.5, 0.6) is 0 Å². The molecule has 0 heterocycles. The first-order chi connectivity index (χ1) is 9.38. The van der Waals surface area contributed by atoms with Gasteiger partial charge in [0.15, 0.2) is 5.78 Å². The molecule has 2 rings (SSSR count). The van der Waals surface area contributed by atoms with Crippen LogP contribution in [0.15, 0.2) is 34.8 Å². The summed E-state index contributed by atoms with van der Waals surface area (Å²) in [5, 5.41) is 0.180. The van der Waals surface area contributed by atoms with Crippen molar-refractivity contribution < 1.29 is 18.0 Å². The summed E-state index contributed by atoms with van der Waals surface area (Å²) in [6, 6.07) is 5.72. The van der Waals surface area contributed by atoms with Crippen molar-refractivity contribution in [2.24, 2.45) is 0 Å². The second-order valence-corrected chi connectivity index (χ2v) is 5.43. The fraction of sp³-hybridized carbons (Fsp3) is 0.0714. The highest BCUT2D eigenvalue weighted by Gasteiger charge is 2.19. The molecule has 0 radical (unpaired) electrons. The summed E-state index contributed by atoms with van der Waals surface area (Å²) in [6.45, 7) is 0. The van der Waals surface area contributed by atoms with E-state index in [1.54, 1.807) is 0 Å². The van der Waals surface area contributed by atoms with Gasteiger partial charge in [-0.15, -0.1) is 0 Å². The van der Waals surface area contributed by atoms with E-state index in [0.29, 0.717) is 0 Å². The minimum Gasteiger partial charge on any atom is -0.294 e. The first kappa shape index (κ1) is 15.1. The zero-order valence-corrected chi connectivity index (χ0v) is 12.2. The van der Waals surface area contributed by atoms with E-state index in [2.05, 4.69) is 15.9 Å². The molecular formula is C14H7BrClF3O. The second-order valence-electron chi connectivity index (χ2n) is 4.08. The first-order valence-corrected chi connectivity index (χ1v) is 6.67. The van der Waals surface area contributed by atoms with Crippen LogP contribution in [0.25, 0.3) is 0 Å². The van der Waals surface area contributed by atoms with E-state index < -0.39 is 35.2 Å². The predicted molar refractivity (Wildman–Crippen MR) is 73.5 cm³/mol. The summed E-state index contributed by atoms with van der Waals surface area (Å²) in [5.74, 6) is -3.51. The summed E-state index contributed by atoms with van der Waals surface area (Å²) < 4.78 is 41.0. The summed E-state index contributed by atoms with van der Waals surface area (Å²) in [6.07, 6.45) is -0.446. The zero-order valence-electron chi connectivity index (χ0n) is 9.89. The van der Waals surface area contributed by atoms with Gasteiger partial charge in [0.1, 0.15) is 17.5 Å². The Morgan fingerprint density at radius 2 is 1.65 bits per heavy atom. The third-order valence-electron chi connectivity index (χ3n) is 2.65. The van der Waals surface area contributed by atoms with Gasteiger partial charge in [-0.1, -0.05) is 33.6 Å². The van der Waals surface area contributed by atoms with E-state index in [-0.39, 0.29) is 15.1 Å². The largest absolute Gasteiger partial charge is 0.294 e. The molecule has 0 unspecified atom stereocenters. The quantitative estimate of drug-likeness (QED) is 0.706. The molecule has 20 heavy (non-hydrogen) atoms. The van der Waals surface area contributed by atoms with E-state index in [0.717, 1.165) is 18.2 Å². The molecule has 0 saturated heterocycles. The van der Waals surface area contributed by atoms with E-state index in [4.69, 9.17) is 11.6 Å². The maximum atomic E-state index is 13.6. The van der Waals surface area contributed by atoms with Gasteiger partial charge >= 0.3 is 0 Å². The molecule has 0 bridgehead atoms. The van der Waals surface area contributed by atoms with Crippen molar-refractivity contribution in [2.45, 2.75) is 6.42 Å². The minimum atomic E-state index is -0.990. The Balaban J connectivity index is 2.33. The SMILES string of the molecule is O=C(Cc1ccc(Cl)cc1F)c1c(F)cc(Br)cc1F. The van der Waals surface area contributed by atoms with Crippen LogP contribution in [0.3, 0.4) is 0 Å². The maximum Gasteiger partial charge on any atom is 0.173 e. The van der Waals surface area contributed by atoms with Crippen LogP contribution in [-0.2, 0) is 6.42 Å². The van der Waals surface area contributed by atoms with Crippen LogP contribution in [0.1, 0.15) is 15.9 Å². The van der Waals surface area contributed by atoms with Crippen LogP contribution >= 0.6 is 27.5 Å². The Hall–Kier alpha value is -1.33. The van der Waals surface area contributed by atoms with Crippen molar-refractivity contribution in [2.75, 3.05) is 0 Å². The summed E-state index contributed by atoms with van der Waals surface area (Å²) in [4.78, 5) is 11.9. The lowest BCUT2D eigenvalue weighted by Crippen LogP contribution is -2.10. The Morgan fingerprint density at radius 3 is 2.20 bits per heavy atom. The molecule has 0 aliphatic rings. The average molecular weight is 364 g/mol. The van der Waals surface area contributed by atoms with Gasteiger partial charge in [-0.2, -0.15) is 0 Å². The average Bonchev–Trinajstić information content (AvgIpc) is 2.31. The Labute approximate surface area is 126 Å². The lowest BCUT2D eigenvalue weighted by atomic mass is 10.0. The smallest absolute Gasteiger partial charge is 0.173 e. The van der Waals surface area contributed by atoms with Gasteiger partial charge in [-0.25, -0.2) is 13.2 Å². The van der Waals surface area contributed by atoms with E-state index >= 15 is 0 Å². The Morgan fingerprint density at radius 1 is 1.05 bits per heavy atom. The molecule has 0 aromatic heterocycles. The molecule has 0 amide bonds. The molecule has 0 N–H and O–H groups in total. The van der Waals surface area contributed by atoms with Crippen LogP contribution in [0, 0.1) is 17.5 Å². The Kier molecular flexibility index (Phi) is 4.50. The molecule has 2 aromatic rings. The van der Waals surface area contributed by atoms with Gasteiger partial charge in [0.05, 0.1) is 5.56 Å². The van der Waals surface area contributed by atoms with Crippen molar-refractivity contribution in [3.8, 4) is 0 Å². The molecule has 0 aliphatic heterocycles. The van der Waals surface area contributed by atoms with Gasteiger partial charge in [0.2, 0.25) is 0 Å². The number of rotatable bonds is 3. The third kappa shape index (κ3) is 3.22. The third-order valence-corrected chi connectivity index (χ3v) is 3.34. The number of ketones is 1. The highest BCUT2D eigenvalue weighted by atomic mass is 79.9. The van der Waals surface area contributed by atoms with Crippen LogP contribution in [-0.4, -0.2) is 5.78 Å². The topological polar surface area (TPSA) is 17.1 Å². The van der Waals surface area contributed by atoms with Gasteiger partial charge in [-0.05, 0) is 29.8 Å². The van der Waals surface area contributed by atoms with Crippen molar-refractivity contribution >= 4 is 33.3 Å². The first-order valence-electron chi connectivity index (χ1n) is 5.50. The number of carbonyl (C=O) groups is 1. The lowest BCUT2D eigenvalue weighted by Gasteiger charge is -2.06. The fourth-order valence-corrected chi connectivity index (χ4v) is 2.30. The summed E-state index contributed by atoms with van der Waals surface area (Å²) >= 11 is 8.50. The minimum absolute atomic E-state index is 0.0288. The predicted octanol–water partition coefficient (Wildman–Crippen LogP) is 4.95. The zero-order chi connectivity index (χ0) is 14.9. The maximum absolute atomic E-state index is 13.6. The molecule has 0 fully saturated rings. The van der Waals surface area contributed by atoms with Gasteiger partial charge in [0, 0.05) is 15.9 Å². The number of Topliss-reactive ketones (excluding diaryl/α,β-unsaturated/α-hetero) is 1. The van der Waals surface area contributed by atoms with Crippen LogP contribution < -0.4 is 0 Å². The van der Waals surface area contributed by atoms with Crippen LogP contribution in [0.2, 0.25) is 5.02 Å². The molecule has 0 spiro atoms. The fourth-order valence-electron chi connectivity index (χ4n) is 1.73. The van der Waals surface area contributed by atoms with Crippen molar-refractivity contribution in [3.05, 3.63) is 68.4 Å². The van der Waals surface area contributed by atoms with Crippen molar-refractivity contribution in [3.63, 3.8) is 0 Å². The standard InChI is InChI=1S/C14H7BrClF3O/c15-8-4-11(18)14(12(19)5-8)13(20)3-7-1-2-9(16)6-10(7)17/h1-2,4-6H,3H2. The van der Waals surface area contributed by atoms with E-state index in [1.807, 2.05) is 0 Å². The normalized spacial score (nSPS) is 10.7. The number of hydrogen-bond donors (Lipinski definition) is 0. The lowest BCUT2D eigenvalue weighted by molar-refractivity contribution is 0.0983. The highest BCUT2D eigenvalue weighted by Crippen LogP contribution is 2.22. The molecule has 0 aliphatic carbocycles. The molecule has 2 aromatic carbocycles. The molecule has 1 nitrogen and oxygen atoms in total. The van der Waals surface area contributed by atoms with Crippen molar-refractivity contribution in [1.82, 2.24) is 0 Å². The van der Waals surface area contributed by atoms with Gasteiger partial charge in [0.25, 0.3) is 0 Å². The molecular weight excluding hydrogens is 357 g/mol. The molecule has 6 heteroatoms. The number of carbonyl (C=O) groups excluding carboxylic acids is 1. The number of benzene rings is 2. The van der Waals surface area contributed by atoms with E-state index in [1.165, 1.54) is 12.1 Å². The molecule has 104 valence electrons. The summed E-state index contributed by atoms with van der Waals surface area (Å²) in [5.41, 5.74) is -0.649. The summed E-state index contributed by atoms with van der Waals surface area (Å²) in [7, 11) is 0.